The fraction of sp³-hybridized carbons (Fsp3) is 0.389. The number of hydrogen-bond donors (Lipinski definition) is 1. The number of carboxylic acid groups (broad SMARTS) is 1. The Hall–Kier alpha value is -2.21. The lowest BCUT2D eigenvalue weighted by Crippen LogP contribution is -2.39. The summed E-state index contributed by atoms with van der Waals surface area (Å²) in [6, 6.07) is 11.7. The summed E-state index contributed by atoms with van der Waals surface area (Å²) in [6.45, 7) is 1.38. The summed E-state index contributed by atoms with van der Waals surface area (Å²) in [5.74, 6) is -0.483. The van der Waals surface area contributed by atoms with Gasteiger partial charge in [-0.2, -0.15) is 4.37 Å². The molecule has 2 heterocycles. The van der Waals surface area contributed by atoms with E-state index in [0.717, 1.165) is 30.6 Å². The molecule has 1 atom stereocenters. The van der Waals surface area contributed by atoms with Crippen LogP contribution in [0.4, 0.5) is 0 Å². The van der Waals surface area contributed by atoms with Gasteiger partial charge in [0.15, 0.2) is 0 Å². The predicted octanol–water partition coefficient (Wildman–Crippen LogP) is 3.53. The summed E-state index contributed by atoms with van der Waals surface area (Å²) in [5, 5.41) is 8.82. The first kappa shape index (κ1) is 16.6. The van der Waals surface area contributed by atoms with Crippen molar-refractivity contribution >= 4 is 23.4 Å². The van der Waals surface area contributed by atoms with Crippen molar-refractivity contribution in [2.75, 3.05) is 13.1 Å². The number of amides is 1. The number of aromatic nitrogens is 1. The second-order valence-corrected chi connectivity index (χ2v) is 6.94. The van der Waals surface area contributed by atoms with Crippen LogP contribution in [-0.2, 0) is 4.79 Å². The van der Waals surface area contributed by atoms with Gasteiger partial charge in [-0.05, 0) is 42.8 Å². The average molecular weight is 344 g/mol. The number of rotatable bonds is 5. The van der Waals surface area contributed by atoms with Gasteiger partial charge in [-0.1, -0.05) is 30.3 Å². The fourth-order valence-electron chi connectivity index (χ4n) is 3.09. The molecule has 1 amide bonds. The summed E-state index contributed by atoms with van der Waals surface area (Å²) < 4.78 is 4.40. The Kier molecular flexibility index (Phi) is 5.25. The van der Waals surface area contributed by atoms with Gasteiger partial charge in [0.25, 0.3) is 5.91 Å². The molecule has 2 aromatic rings. The molecule has 1 aliphatic heterocycles. The van der Waals surface area contributed by atoms with Crippen molar-refractivity contribution in [3.05, 3.63) is 41.3 Å². The van der Waals surface area contributed by atoms with Crippen LogP contribution < -0.4 is 0 Å². The molecule has 5 nitrogen and oxygen atoms in total. The molecule has 24 heavy (non-hydrogen) atoms. The molecule has 126 valence electrons. The quantitative estimate of drug-likeness (QED) is 0.901. The van der Waals surface area contributed by atoms with Gasteiger partial charge < -0.3 is 10.0 Å². The normalized spacial score (nSPS) is 17.7. The number of benzene rings is 1. The largest absolute Gasteiger partial charge is 0.481 e. The first-order chi connectivity index (χ1) is 11.6. The molecule has 1 saturated heterocycles. The van der Waals surface area contributed by atoms with Crippen molar-refractivity contribution < 1.29 is 14.7 Å². The summed E-state index contributed by atoms with van der Waals surface area (Å²) >= 11 is 1.23. The summed E-state index contributed by atoms with van der Waals surface area (Å²) in [5.41, 5.74) is 1.83. The number of likely N-dealkylation sites (tertiary alicyclic amines) is 1. The van der Waals surface area contributed by atoms with Crippen LogP contribution in [0, 0.1) is 5.92 Å². The van der Waals surface area contributed by atoms with Crippen LogP contribution in [-0.4, -0.2) is 39.3 Å². The number of hydrogen-bond acceptors (Lipinski definition) is 4. The molecule has 3 rings (SSSR count). The smallest absolute Gasteiger partial charge is 0.303 e. The number of piperidine rings is 1. The van der Waals surface area contributed by atoms with Gasteiger partial charge in [-0.25, -0.2) is 0 Å². The minimum absolute atomic E-state index is 0.00899. The molecule has 1 unspecified atom stereocenters. The van der Waals surface area contributed by atoms with Crippen molar-refractivity contribution in [2.24, 2.45) is 5.92 Å². The van der Waals surface area contributed by atoms with Gasteiger partial charge in [0.2, 0.25) is 0 Å². The highest BCUT2D eigenvalue weighted by molar-refractivity contribution is 7.08. The Morgan fingerprint density at radius 3 is 2.83 bits per heavy atom. The monoisotopic (exact) mass is 344 g/mol. The first-order valence-corrected chi connectivity index (χ1v) is 8.94. The van der Waals surface area contributed by atoms with Crippen LogP contribution in [0.3, 0.4) is 0 Å². The summed E-state index contributed by atoms with van der Waals surface area (Å²) in [4.78, 5) is 25.9. The maximum atomic E-state index is 12.7. The first-order valence-electron chi connectivity index (χ1n) is 8.16. The lowest BCUT2D eigenvalue weighted by molar-refractivity contribution is -0.137. The van der Waals surface area contributed by atoms with Crippen LogP contribution >= 0.6 is 11.5 Å². The second-order valence-electron chi connectivity index (χ2n) is 6.13. The van der Waals surface area contributed by atoms with Gasteiger partial charge in [-0.15, -0.1) is 0 Å². The maximum absolute atomic E-state index is 12.7. The van der Waals surface area contributed by atoms with Crippen LogP contribution in [0.1, 0.15) is 35.4 Å². The van der Waals surface area contributed by atoms with Gasteiger partial charge >= 0.3 is 5.97 Å². The predicted molar refractivity (Wildman–Crippen MR) is 93.0 cm³/mol. The molecule has 0 saturated carbocycles. The van der Waals surface area contributed by atoms with E-state index in [1.54, 1.807) is 0 Å². The molecule has 1 N–H and O–H groups in total. The van der Waals surface area contributed by atoms with Crippen molar-refractivity contribution in [1.82, 2.24) is 9.27 Å². The molecule has 1 aromatic carbocycles. The molecule has 0 radical (unpaired) electrons. The average Bonchev–Trinajstić information content (AvgIpc) is 3.10. The number of carboxylic acids is 1. The highest BCUT2D eigenvalue weighted by Gasteiger charge is 2.26. The van der Waals surface area contributed by atoms with E-state index in [1.807, 2.05) is 41.3 Å². The zero-order valence-electron chi connectivity index (χ0n) is 13.4. The third-order valence-electron chi connectivity index (χ3n) is 4.36. The molecule has 1 aromatic heterocycles. The number of carbonyl (C=O) groups excluding carboxylic acids is 1. The molecule has 1 aliphatic rings. The van der Waals surface area contributed by atoms with E-state index in [2.05, 4.69) is 4.37 Å². The highest BCUT2D eigenvalue weighted by Crippen LogP contribution is 2.26. The Morgan fingerprint density at radius 2 is 2.08 bits per heavy atom. The van der Waals surface area contributed by atoms with Crippen LogP contribution in [0.25, 0.3) is 11.3 Å². The Morgan fingerprint density at radius 1 is 1.29 bits per heavy atom. The van der Waals surface area contributed by atoms with Crippen molar-refractivity contribution in [2.45, 2.75) is 25.7 Å². The Labute approximate surface area is 145 Å². The van der Waals surface area contributed by atoms with E-state index in [0.29, 0.717) is 17.8 Å². The van der Waals surface area contributed by atoms with Crippen molar-refractivity contribution in [3.8, 4) is 11.3 Å². The molecule has 1 fully saturated rings. The molecule has 0 bridgehead atoms. The van der Waals surface area contributed by atoms with Gasteiger partial charge in [0.05, 0.1) is 5.69 Å². The number of aliphatic carboxylic acids is 1. The lowest BCUT2D eigenvalue weighted by Gasteiger charge is -2.32. The minimum Gasteiger partial charge on any atom is -0.481 e. The van der Waals surface area contributed by atoms with E-state index in [-0.39, 0.29) is 18.2 Å². The summed E-state index contributed by atoms with van der Waals surface area (Å²) in [7, 11) is 0. The van der Waals surface area contributed by atoms with E-state index >= 15 is 0 Å². The number of carbonyl (C=O) groups is 2. The van der Waals surface area contributed by atoms with Gasteiger partial charge in [-0.3, -0.25) is 9.59 Å². The fourth-order valence-corrected chi connectivity index (χ4v) is 3.82. The molecular formula is C18H20N2O3S. The minimum atomic E-state index is -0.770. The van der Waals surface area contributed by atoms with Gasteiger partial charge in [0.1, 0.15) is 4.88 Å². The van der Waals surface area contributed by atoms with Crippen LogP contribution in [0.2, 0.25) is 0 Å². The standard InChI is InChI=1S/C18H20N2O3S/c21-17(22)9-8-13-5-4-10-20(12-13)18(23)16-11-15(19-24-16)14-6-2-1-3-7-14/h1-3,6-7,11,13H,4-5,8-10,12H2,(H,21,22). The molecule has 6 heteroatoms. The van der Waals surface area contributed by atoms with Crippen molar-refractivity contribution in [3.63, 3.8) is 0 Å². The van der Waals surface area contributed by atoms with E-state index in [1.165, 1.54) is 11.5 Å². The third kappa shape index (κ3) is 4.00. The van der Waals surface area contributed by atoms with Crippen LogP contribution in [0.15, 0.2) is 36.4 Å². The SMILES string of the molecule is O=C(O)CCC1CCCN(C(=O)c2cc(-c3ccccc3)ns2)C1. The second kappa shape index (κ2) is 7.57. The lowest BCUT2D eigenvalue weighted by atomic mass is 9.93. The molecule has 0 aliphatic carbocycles. The topological polar surface area (TPSA) is 70.5 Å². The molecular weight excluding hydrogens is 324 g/mol. The third-order valence-corrected chi connectivity index (χ3v) is 5.14. The number of nitrogens with zero attached hydrogens (tertiary/aromatic N) is 2. The highest BCUT2D eigenvalue weighted by atomic mass is 32.1. The Bertz CT molecular complexity index is 714. The zero-order valence-corrected chi connectivity index (χ0v) is 14.2. The van der Waals surface area contributed by atoms with E-state index in [9.17, 15) is 9.59 Å². The zero-order chi connectivity index (χ0) is 16.9. The van der Waals surface area contributed by atoms with E-state index in [4.69, 9.17) is 5.11 Å². The maximum Gasteiger partial charge on any atom is 0.303 e. The van der Waals surface area contributed by atoms with E-state index < -0.39 is 5.97 Å². The molecule has 0 spiro atoms. The summed E-state index contributed by atoms with van der Waals surface area (Å²) in [6.07, 6.45) is 2.73. The van der Waals surface area contributed by atoms with Gasteiger partial charge in [0, 0.05) is 25.1 Å². The van der Waals surface area contributed by atoms with Crippen LogP contribution in [0.5, 0.6) is 0 Å². The Balaban J connectivity index is 1.66. The van der Waals surface area contributed by atoms with Crippen molar-refractivity contribution in [1.29, 1.82) is 0 Å².